The van der Waals surface area contributed by atoms with Crippen LogP contribution >= 0.6 is 11.8 Å². The van der Waals surface area contributed by atoms with Crippen LogP contribution in [0.15, 0.2) is 48.5 Å². The van der Waals surface area contributed by atoms with Crippen molar-refractivity contribution in [2.75, 3.05) is 55.7 Å². The van der Waals surface area contributed by atoms with E-state index in [0.717, 1.165) is 22.1 Å². The lowest BCUT2D eigenvalue weighted by Gasteiger charge is -2.27. The number of carbonyl (C=O) groups excluding carboxylic acids is 2. The molecule has 10 heteroatoms. The first kappa shape index (κ1) is 26.1. The highest BCUT2D eigenvalue weighted by molar-refractivity contribution is 7.98. The van der Waals surface area contributed by atoms with E-state index in [4.69, 9.17) is 4.74 Å². The fourth-order valence-corrected chi connectivity index (χ4v) is 5.22. The summed E-state index contributed by atoms with van der Waals surface area (Å²) in [4.78, 5) is 26.7. The minimum atomic E-state index is -3.69. The lowest BCUT2D eigenvalue weighted by atomic mass is 10.1. The van der Waals surface area contributed by atoms with E-state index in [9.17, 15) is 18.0 Å². The number of anilines is 1. The van der Waals surface area contributed by atoms with Crippen LogP contribution in [0.25, 0.3) is 0 Å². The predicted octanol–water partition coefficient (Wildman–Crippen LogP) is 2.28. The molecule has 1 aliphatic heterocycles. The van der Waals surface area contributed by atoms with E-state index in [0.29, 0.717) is 44.1 Å². The van der Waals surface area contributed by atoms with E-state index in [1.165, 1.54) is 11.1 Å². The van der Waals surface area contributed by atoms with E-state index in [1.54, 1.807) is 40.9 Å². The molecule has 0 unspecified atom stereocenters. The molecule has 1 heterocycles. The van der Waals surface area contributed by atoms with E-state index in [-0.39, 0.29) is 18.4 Å². The molecule has 1 N–H and O–H groups in total. The van der Waals surface area contributed by atoms with Crippen LogP contribution in [0.2, 0.25) is 0 Å². The van der Waals surface area contributed by atoms with E-state index < -0.39 is 10.0 Å². The predicted molar refractivity (Wildman–Crippen MR) is 136 cm³/mol. The number of thioether (sulfide) groups is 1. The highest BCUT2D eigenvalue weighted by Crippen LogP contribution is 2.19. The highest BCUT2D eigenvalue weighted by atomic mass is 32.2. The van der Waals surface area contributed by atoms with Gasteiger partial charge >= 0.3 is 0 Å². The number of carbonyl (C=O) groups is 2. The van der Waals surface area contributed by atoms with Crippen molar-refractivity contribution in [3.05, 3.63) is 65.2 Å². The summed E-state index contributed by atoms with van der Waals surface area (Å²) in [7, 11) is -3.69. The van der Waals surface area contributed by atoms with Gasteiger partial charge in [0.2, 0.25) is 15.9 Å². The Hall–Kier alpha value is -2.56. The Morgan fingerprint density at radius 3 is 2.47 bits per heavy atom. The number of amides is 2. The van der Waals surface area contributed by atoms with Crippen LogP contribution in [-0.2, 0) is 25.3 Å². The number of benzene rings is 2. The maximum atomic E-state index is 12.6. The Morgan fingerprint density at radius 1 is 1.12 bits per heavy atom. The summed E-state index contributed by atoms with van der Waals surface area (Å²) in [5.74, 6) is 1.07. The summed E-state index contributed by atoms with van der Waals surface area (Å²) < 4.78 is 31.0. The van der Waals surface area contributed by atoms with Gasteiger partial charge in [-0.05, 0) is 36.8 Å². The molecular formula is C24H31N3O5S2. The van der Waals surface area contributed by atoms with Gasteiger partial charge in [-0.2, -0.15) is 11.8 Å². The number of hydrogen-bond donors (Lipinski definition) is 1. The largest absolute Gasteiger partial charge is 0.378 e. The third-order valence-electron chi connectivity index (χ3n) is 5.31. The van der Waals surface area contributed by atoms with Gasteiger partial charge in [0, 0.05) is 36.7 Å². The molecule has 0 atom stereocenters. The fraction of sp³-hybridized carbons (Fsp3) is 0.417. The Balaban J connectivity index is 1.51. The van der Waals surface area contributed by atoms with Gasteiger partial charge in [0.05, 0.1) is 25.2 Å². The summed E-state index contributed by atoms with van der Waals surface area (Å²) in [6.45, 7) is 4.24. The van der Waals surface area contributed by atoms with Crippen molar-refractivity contribution in [2.24, 2.45) is 0 Å². The fourth-order valence-electron chi connectivity index (χ4n) is 3.56. The molecule has 1 saturated heterocycles. The van der Waals surface area contributed by atoms with Gasteiger partial charge < -0.3 is 15.0 Å². The number of morpholine rings is 1. The minimum Gasteiger partial charge on any atom is -0.378 e. The second-order valence-corrected chi connectivity index (χ2v) is 11.1. The summed E-state index contributed by atoms with van der Waals surface area (Å²) in [5.41, 5.74) is 3.25. The third-order valence-corrected chi connectivity index (χ3v) is 7.48. The molecule has 0 radical (unpaired) electrons. The molecule has 8 nitrogen and oxygen atoms in total. The van der Waals surface area contributed by atoms with E-state index in [1.807, 2.05) is 6.07 Å². The van der Waals surface area contributed by atoms with Crippen LogP contribution in [0.1, 0.15) is 21.5 Å². The van der Waals surface area contributed by atoms with Crippen molar-refractivity contribution in [3.8, 4) is 0 Å². The van der Waals surface area contributed by atoms with Gasteiger partial charge in [-0.15, -0.1) is 0 Å². The standard InChI is InChI=1S/C24H31N3O5S2/c1-19-4-3-5-20(16-19)18-33-15-10-25-23(28)17-27(34(2,30)31)22-8-6-21(7-9-22)24(29)26-11-13-32-14-12-26/h3-9,16H,10-15,17-18H2,1-2H3,(H,25,28). The summed E-state index contributed by atoms with van der Waals surface area (Å²) >= 11 is 1.70. The Kier molecular flexibility index (Phi) is 9.37. The van der Waals surface area contributed by atoms with Gasteiger partial charge in [-0.3, -0.25) is 13.9 Å². The maximum absolute atomic E-state index is 12.6. The quantitative estimate of drug-likeness (QED) is 0.498. The first-order chi connectivity index (χ1) is 16.2. The normalized spacial score (nSPS) is 14.0. The molecule has 34 heavy (non-hydrogen) atoms. The molecule has 0 bridgehead atoms. The molecule has 184 valence electrons. The number of sulfonamides is 1. The molecule has 2 amide bonds. The Morgan fingerprint density at radius 2 is 1.82 bits per heavy atom. The van der Waals surface area contributed by atoms with Crippen LogP contribution in [0.4, 0.5) is 5.69 Å². The number of ether oxygens (including phenoxy) is 1. The second kappa shape index (κ2) is 12.2. The second-order valence-electron chi connectivity index (χ2n) is 8.11. The number of nitrogens with zero attached hydrogens (tertiary/aromatic N) is 2. The van der Waals surface area contributed by atoms with Crippen molar-refractivity contribution < 1.29 is 22.7 Å². The topological polar surface area (TPSA) is 96.0 Å². The lowest BCUT2D eigenvalue weighted by molar-refractivity contribution is -0.119. The molecule has 2 aromatic rings. The molecular weight excluding hydrogens is 474 g/mol. The number of aryl methyl sites for hydroxylation is 1. The molecule has 1 fully saturated rings. The lowest BCUT2D eigenvalue weighted by Crippen LogP contribution is -2.41. The number of nitrogens with one attached hydrogen (secondary N) is 1. The Bertz CT molecular complexity index is 1080. The molecule has 0 saturated carbocycles. The van der Waals surface area contributed by atoms with Gasteiger partial charge in [0.25, 0.3) is 5.91 Å². The molecule has 0 spiro atoms. The molecule has 1 aliphatic rings. The smallest absolute Gasteiger partial charge is 0.254 e. The molecule has 3 rings (SSSR count). The zero-order valence-electron chi connectivity index (χ0n) is 19.5. The third kappa shape index (κ3) is 7.75. The first-order valence-corrected chi connectivity index (χ1v) is 14.1. The average Bonchev–Trinajstić information content (AvgIpc) is 2.82. The first-order valence-electron chi connectivity index (χ1n) is 11.1. The Labute approximate surface area is 205 Å². The summed E-state index contributed by atoms with van der Waals surface area (Å²) in [6, 6.07) is 14.6. The van der Waals surface area contributed by atoms with Gasteiger partial charge in [0.1, 0.15) is 6.54 Å². The van der Waals surface area contributed by atoms with Crippen molar-refractivity contribution in [3.63, 3.8) is 0 Å². The van der Waals surface area contributed by atoms with Gasteiger partial charge in [-0.25, -0.2) is 8.42 Å². The zero-order valence-corrected chi connectivity index (χ0v) is 21.2. The zero-order chi connectivity index (χ0) is 24.6. The van der Waals surface area contributed by atoms with Crippen LogP contribution in [0.3, 0.4) is 0 Å². The SMILES string of the molecule is Cc1cccc(CSCCNC(=O)CN(c2ccc(C(=O)N3CCOCC3)cc2)S(C)(=O)=O)c1. The van der Waals surface area contributed by atoms with Gasteiger partial charge in [-0.1, -0.05) is 29.8 Å². The highest BCUT2D eigenvalue weighted by Gasteiger charge is 2.22. The van der Waals surface area contributed by atoms with Crippen molar-refractivity contribution in [1.29, 1.82) is 0 Å². The van der Waals surface area contributed by atoms with Crippen molar-refractivity contribution in [1.82, 2.24) is 10.2 Å². The molecule has 0 aromatic heterocycles. The average molecular weight is 506 g/mol. The van der Waals surface area contributed by atoms with Crippen LogP contribution in [0, 0.1) is 6.92 Å². The number of hydrogen-bond acceptors (Lipinski definition) is 6. The monoisotopic (exact) mass is 505 g/mol. The van der Waals surface area contributed by atoms with Gasteiger partial charge in [0.15, 0.2) is 0 Å². The maximum Gasteiger partial charge on any atom is 0.254 e. The minimum absolute atomic E-state index is 0.123. The van der Waals surface area contributed by atoms with Crippen molar-refractivity contribution in [2.45, 2.75) is 12.7 Å². The van der Waals surface area contributed by atoms with E-state index >= 15 is 0 Å². The summed E-state index contributed by atoms with van der Waals surface area (Å²) in [5, 5.41) is 2.79. The van der Waals surface area contributed by atoms with Crippen LogP contribution in [0.5, 0.6) is 0 Å². The molecule has 0 aliphatic carbocycles. The van der Waals surface area contributed by atoms with E-state index in [2.05, 4.69) is 30.4 Å². The number of rotatable bonds is 10. The molecule has 2 aromatic carbocycles. The van der Waals surface area contributed by atoms with Crippen molar-refractivity contribution >= 4 is 39.3 Å². The summed E-state index contributed by atoms with van der Waals surface area (Å²) in [6.07, 6.45) is 1.06. The van der Waals surface area contributed by atoms with Crippen LogP contribution < -0.4 is 9.62 Å². The van der Waals surface area contributed by atoms with Crippen LogP contribution in [-0.4, -0.2) is 76.5 Å².